The molecule has 0 aromatic heterocycles. The quantitative estimate of drug-likeness (QED) is 0.765. The number of fused-ring (bicyclic) bond motifs is 1. The van der Waals surface area contributed by atoms with E-state index in [4.69, 9.17) is 14.2 Å². The molecule has 0 amide bonds. The monoisotopic (exact) mass is 362 g/mol. The second-order valence-corrected chi connectivity index (χ2v) is 7.98. The summed E-state index contributed by atoms with van der Waals surface area (Å²) in [5, 5.41) is 0. The van der Waals surface area contributed by atoms with Crippen molar-refractivity contribution in [1.29, 1.82) is 0 Å². The molecule has 1 aromatic rings. The number of rotatable bonds is 4. The number of hydrogen-bond acceptors (Lipinski definition) is 5. The lowest BCUT2D eigenvalue weighted by atomic mass is 10.2. The predicted molar refractivity (Wildman–Crippen MR) is 77.0 cm³/mol. The van der Waals surface area contributed by atoms with Crippen LogP contribution < -0.4 is 9.47 Å². The summed E-state index contributed by atoms with van der Waals surface area (Å²) in [6.45, 7) is 2.86. The number of halogens is 1. The molecule has 0 aliphatic carbocycles. The van der Waals surface area contributed by atoms with Gasteiger partial charge < -0.3 is 14.2 Å². The third kappa shape index (κ3) is 3.10. The Bertz CT molecular complexity index is 628. The zero-order valence-corrected chi connectivity index (χ0v) is 13.4. The van der Waals surface area contributed by atoms with Crippen LogP contribution in [-0.2, 0) is 20.3 Å². The first-order valence-electron chi connectivity index (χ1n) is 6.38. The SMILES string of the molecule is C[C@@H]1O[C@@H]1CS(=O)(=O)Cc1cc2c(cc1Br)OCCO2. The first kappa shape index (κ1) is 14.2. The molecule has 0 saturated carbocycles. The van der Waals surface area contributed by atoms with Gasteiger partial charge in [0.05, 0.1) is 23.7 Å². The lowest BCUT2D eigenvalue weighted by Gasteiger charge is -2.19. The summed E-state index contributed by atoms with van der Waals surface area (Å²) in [7, 11) is -3.20. The summed E-state index contributed by atoms with van der Waals surface area (Å²) >= 11 is 3.39. The first-order valence-corrected chi connectivity index (χ1v) is 9.00. The van der Waals surface area contributed by atoms with Crippen molar-refractivity contribution in [3.63, 3.8) is 0 Å². The Morgan fingerprint density at radius 2 is 1.85 bits per heavy atom. The largest absolute Gasteiger partial charge is 0.486 e. The summed E-state index contributed by atoms with van der Waals surface area (Å²) in [6.07, 6.45) is -0.107. The Labute approximate surface area is 126 Å². The van der Waals surface area contributed by atoms with Crippen LogP contribution in [-0.4, -0.2) is 39.6 Å². The van der Waals surface area contributed by atoms with Gasteiger partial charge in [0.15, 0.2) is 21.3 Å². The van der Waals surface area contributed by atoms with E-state index in [0.717, 1.165) is 4.47 Å². The minimum Gasteiger partial charge on any atom is -0.486 e. The molecule has 7 heteroatoms. The topological polar surface area (TPSA) is 65.1 Å². The normalized spacial score (nSPS) is 24.5. The molecule has 2 aliphatic rings. The lowest BCUT2D eigenvalue weighted by Crippen LogP contribution is -2.17. The molecule has 2 atom stereocenters. The van der Waals surface area contributed by atoms with Crippen LogP contribution in [0.5, 0.6) is 11.5 Å². The molecule has 0 N–H and O–H groups in total. The van der Waals surface area contributed by atoms with Crippen LogP contribution in [0, 0.1) is 0 Å². The van der Waals surface area contributed by atoms with Gasteiger partial charge in [-0.1, -0.05) is 15.9 Å². The molecule has 1 saturated heterocycles. The van der Waals surface area contributed by atoms with Crippen LogP contribution >= 0.6 is 15.9 Å². The van der Waals surface area contributed by atoms with E-state index < -0.39 is 9.84 Å². The van der Waals surface area contributed by atoms with Gasteiger partial charge in [0.1, 0.15) is 13.2 Å². The first-order chi connectivity index (χ1) is 9.44. The highest BCUT2D eigenvalue weighted by atomic mass is 79.9. The molecule has 0 radical (unpaired) electrons. The minimum atomic E-state index is -3.20. The van der Waals surface area contributed by atoms with Crippen LogP contribution in [0.25, 0.3) is 0 Å². The predicted octanol–water partition coefficient (Wildman–Crippen LogP) is 1.92. The third-order valence-corrected chi connectivity index (χ3v) is 5.67. The summed E-state index contributed by atoms with van der Waals surface area (Å²) in [5.74, 6) is 1.27. The van der Waals surface area contributed by atoms with Gasteiger partial charge in [-0.3, -0.25) is 0 Å². The van der Waals surface area contributed by atoms with Crippen molar-refractivity contribution in [2.45, 2.75) is 24.9 Å². The van der Waals surface area contributed by atoms with E-state index in [1.165, 1.54) is 0 Å². The average molecular weight is 363 g/mol. The molecule has 5 nitrogen and oxygen atoms in total. The fourth-order valence-electron chi connectivity index (χ4n) is 2.17. The number of ether oxygens (including phenoxy) is 3. The summed E-state index contributed by atoms with van der Waals surface area (Å²) in [6, 6.07) is 3.49. The minimum absolute atomic E-state index is 0.0309. The Kier molecular flexibility index (Phi) is 3.68. The molecule has 0 unspecified atom stereocenters. The van der Waals surface area contributed by atoms with E-state index >= 15 is 0 Å². The highest BCUT2D eigenvalue weighted by Crippen LogP contribution is 2.36. The molecule has 1 aromatic carbocycles. The number of epoxide rings is 1. The number of benzene rings is 1. The molecule has 2 heterocycles. The van der Waals surface area contributed by atoms with Crippen molar-refractivity contribution < 1.29 is 22.6 Å². The summed E-state index contributed by atoms with van der Waals surface area (Å²) < 4.78 is 41.1. The van der Waals surface area contributed by atoms with Gasteiger partial charge in [0.2, 0.25) is 0 Å². The van der Waals surface area contributed by atoms with Crippen molar-refractivity contribution in [3.8, 4) is 11.5 Å². The van der Waals surface area contributed by atoms with E-state index in [9.17, 15) is 8.42 Å². The highest BCUT2D eigenvalue weighted by molar-refractivity contribution is 9.10. The zero-order valence-electron chi connectivity index (χ0n) is 11.0. The molecule has 20 heavy (non-hydrogen) atoms. The maximum atomic E-state index is 12.1. The lowest BCUT2D eigenvalue weighted by molar-refractivity contribution is 0.171. The third-order valence-electron chi connectivity index (χ3n) is 3.34. The molecule has 2 aliphatic heterocycles. The van der Waals surface area contributed by atoms with E-state index in [0.29, 0.717) is 30.3 Å². The van der Waals surface area contributed by atoms with Gasteiger partial charge in [-0.25, -0.2) is 8.42 Å². The number of sulfone groups is 1. The molecule has 110 valence electrons. The van der Waals surface area contributed by atoms with E-state index in [1.807, 2.05) is 6.92 Å². The fraction of sp³-hybridized carbons (Fsp3) is 0.538. The van der Waals surface area contributed by atoms with Crippen LogP contribution in [0.15, 0.2) is 16.6 Å². The average Bonchev–Trinajstić information content (AvgIpc) is 3.04. The summed E-state index contributed by atoms with van der Waals surface area (Å²) in [4.78, 5) is 0. The van der Waals surface area contributed by atoms with Crippen LogP contribution in [0.2, 0.25) is 0 Å². The standard InChI is InChI=1S/C13H15BrO5S/c1-8-13(19-8)7-20(15,16)6-9-4-11-12(5-10(9)14)18-3-2-17-11/h4-5,8,13H,2-3,6-7H2,1H3/t8-,13+/m0/s1. The van der Waals surface area contributed by atoms with Gasteiger partial charge in [0, 0.05) is 4.47 Å². The van der Waals surface area contributed by atoms with E-state index in [2.05, 4.69) is 15.9 Å². The van der Waals surface area contributed by atoms with Gasteiger partial charge in [0.25, 0.3) is 0 Å². The van der Waals surface area contributed by atoms with Gasteiger partial charge in [-0.2, -0.15) is 0 Å². The van der Waals surface area contributed by atoms with Crippen LogP contribution in [0.3, 0.4) is 0 Å². The molecule has 1 fully saturated rings. The van der Waals surface area contributed by atoms with Crippen molar-refractivity contribution in [1.82, 2.24) is 0 Å². The van der Waals surface area contributed by atoms with E-state index in [1.54, 1.807) is 12.1 Å². The zero-order chi connectivity index (χ0) is 14.3. The van der Waals surface area contributed by atoms with Crippen molar-refractivity contribution in [2.24, 2.45) is 0 Å². The molecular weight excluding hydrogens is 348 g/mol. The molecule has 3 rings (SSSR count). The van der Waals surface area contributed by atoms with Gasteiger partial charge >= 0.3 is 0 Å². The molecule has 0 spiro atoms. The second kappa shape index (κ2) is 5.20. The maximum Gasteiger partial charge on any atom is 0.162 e. The van der Waals surface area contributed by atoms with Crippen molar-refractivity contribution in [2.75, 3.05) is 19.0 Å². The van der Waals surface area contributed by atoms with Gasteiger partial charge in [-0.15, -0.1) is 0 Å². The second-order valence-electron chi connectivity index (χ2n) is 5.02. The number of hydrogen-bond donors (Lipinski definition) is 0. The smallest absolute Gasteiger partial charge is 0.162 e. The highest BCUT2D eigenvalue weighted by Gasteiger charge is 2.38. The van der Waals surface area contributed by atoms with Crippen molar-refractivity contribution in [3.05, 3.63) is 22.2 Å². The van der Waals surface area contributed by atoms with Crippen molar-refractivity contribution >= 4 is 25.8 Å². The Morgan fingerprint density at radius 1 is 1.25 bits per heavy atom. The van der Waals surface area contributed by atoms with Crippen LogP contribution in [0.4, 0.5) is 0 Å². The van der Waals surface area contributed by atoms with Crippen LogP contribution in [0.1, 0.15) is 12.5 Å². The van der Waals surface area contributed by atoms with E-state index in [-0.39, 0.29) is 23.7 Å². The molecular formula is C13H15BrO5S. The van der Waals surface area contributed by atoms with Gasteiger partial charge in [-0.05, 0) is 24.6 Å². The molecule has 0 bridgehead atoms. The Morgan fingerprint density at radius 3 is 2.45 bits per heavy atom. The fourth-order valence-corrected chi connectivity index (χ4v) is 4.50. The Balaban J connectivity index is 1.79. The Hall–Kier alpha value is -0.790. The summed E-state index contributed by atoms with van der Waals surface area (Å²) in [5.41, 5.74) is 0.683. The maximum absolute atomic E-state index is 12.1.